The Morgan fingerprint density at radius 3 is 2.62 bits per heavy atom. The predicted molar refractivity (Wildman–Crippen MR) is 81.6 cm³/mol. The van der Waals surface area contributed by atoms with Gasteiger partial charge in [-0.2, -0.15) is 0 Å². The first-order chi connectivity index (χ1) is 10.1. The van der Waals surface area contributed by atoms with Gasteiger partial charge in [-0.15, -0.1) is 0 Å². The van der Waals surface area contributed by atoms with E-state index < -0.39 is 5.97 Å². The Labute approximate surface area is 127 Å². The van der Waals surface area contributed by atoms with E-state index in [4.69, 9.17) is 11.6 Å². The van der Waals surface area contributed by atoms with Crippen LogP contribution in [0.3, 0.4) is 0 Å². The highest BCUT2D eigenvalue weighted by atomic mass is 35.5. The van der Waals surface area contributed by atoms with E-state index in [1.165, 1.54) is 7.11 Å². The third-order valence-corrected chi connectivity index (χ3v) is 3.24. The Morgan fingerprint density at radius 2 is 1.90 bits per heavy atom. The first-order valence-corrected chi connectivity index (χ1v) is 6.69. The van der Waals surface area contributed by atoms with Crippen molar-refractivity contribution in [3.05, 3.63) is 64.7 Å². The number of esters is 1. The van der Waals surface area contributed by atoms with Gasteiger partial charge >= 0.3 is 5.97 Å². The fourth-order valence-corrected chi connectivity index (χ4v) is 2.06. The summed E-state index contributed by atoms with van der Waals surface area (Å²) in [5, 5.41) is 3.28. The van der Waals surface area contributed by atoms with Crippen LogP contribution < -0.4 is 5.32 Å². The molecule has 2 aromatic carbocycles. The third-order valence-electron chi connectivity index (χ3n) is 2.88. The first-order valence-electron chi connectivity index (χ1n) is 6.32. The quantitative estimate of drug-likeness (QED) is 0.882. The summed E-state index contributed by atoms with van der Waals surface area (Å²) in [5.41, 5.74) is 1.67. The van der Waals surface area contributed by atoms with Crippen LogP contribution >= 0.6 is 11.6 Å². The Kier molecular flexibility index (Phi) is 4.95. The number of ether oxygens (including phenoxy) is 1. The molecule has 1 amide bonds. The Bertz CT molecular complexity index is 670. The molecule has 2 rings (SSSR count). The number of halogens is 1. The Balaban J connectivity index is 2.06. The SMILES string of the molecule is COC(=O)c1cccc(NC(=O)Cc2ccccc2Cl)c1. The van der Waals surface area contributed by atoms with Gasteiger partial charge in [-0.3, -0.25) is 4.79 Å². The van der Waals surface area contributed by atoms with Gasteiger partial charge in [0.1, 0.15) is 0 Å². The van der Waals surface area contributed by atoms with Crippen LogP contribution in [-0.2, 0) is 16.0 Å². The van der Waals surface area contributed by atoms with E-state index in [-0.39, 0.29) is 12.3 Å². The van der Waals surface area contributed by atoms with Crippen molar-refractivity contribution < 1.29 is 14.3 Å². The highest BCUT2D eigenvalue weighted by molar-refractivity contribution is 6.31. The number of methoxy groups -OCH3 is 1. The Hall–Kier alpha value is -2.33. The van der Waals surface area contributed by atoms with Gasteiger partial charge in [0.25, 0.3) is 0 Å². The van der Waals surface area contributed by atoms with Crippen molar-refractivity contribution in [2.24, 2.45) is 0 Å². The van der Waals surface area contributed by atoms with Gasteiger partial charge in [-0.1, -0.05) is 35.9 Å². The van der Waals surface area contributed by atoms with Crippen LogP contribution in [0.5, 0.6) is 0 Å². The number of anilines is 1. The second kappa shape index (κ2) is 6.90. The number of hydrogen-bond acceptors (Lipinski definition) is 3. The highest BCUT2D eigenvalue weighted by Crippen LogP contribution is 2.17. The molecular formula is C16H14ClNO3. The van der Waals surface area contributed by atoms with Gasteiger partial charge in [-0.05, 0) is 29.8 Å². The highest BCUT2D eigenvalue weighted by Gasteiger charge is 2.09. The summed E-state index contributed by atoms with van der Waals surface area (Å²) in [4.78, 5) is 23.4. The number of carbonyl (C=O) groups is 2. The van der Waals surface area contributed by atoms with E-state index in [9.17, 15) is 9.59 Å². The lowest BCUT2D eigenvalue weighted by Gasteiger charge is -2.07. The molecule has 5 heteroatoms. The maximum absolute atomic E-state index is 12.0. The summed E-state index contributed by atoms with van der Waals surface area (Å²) in [5.74, 6) is -0.651. The molecule has 0 atom stereocenters. The van der Waals surface area contributed by atoms with Crippen LogP contribution in [0.2, 0.25) is 5.02 Å². The second-order valence-electron chi connectivity index (χ2n) is 4.39. The molecule has 0 saturated carbocycles. The molecule has 0 aliphatic rings. The minimum absolute atomic E-state index is 0.169. The molecule has 2 aromatic rings. The number of nitrogens with one attached hydrogen (secondary N) is 1. The van der Waals surface area contributed by atoms with E-state index in [0.717, 1.165) is 5.56 Å². The molecule has 1 N–H and O–H groups in total. The molecular weight excluding hydrogens is 290 g/mol. The summed E-state index contributed by atoms with van der Waals surface area (Å²) in [6.45, 7) is 0. The molecule has 0 heterocycles. The maximum Gasteiger partial charge on any atom is 0.337 e. The third kappa shape index (κ3) is 4.07. The number of amides is 1. The van der Waals surface area contributed by atoms with Gasteiger partial charge in [-0.25, -0.2) is 4.79 Å². The lowest BCUT2D eigenvalue weighted by atomic mass is 10.1. The summed E-state index contributed by atoms with van der Waals surface area (Å²) in [7, 11) is 1.31. The molecule has 21 heavy (non-hydrogen) atoms. The van der Waals surface area contributed by atoms with E-state index >= 15 is 0 Å². The van der Waals surface area contributed by atoms with Crippen LogP contribution in [0.4, 0.5) is 5.69 Å². The van der Waals surface area contributed by atoms with Gasteiger partial charge < -0.3 is 10.1 Å². The number of hydrogen-bond donors (Lipinski definition) is 1. The van der Waals surface area contributed by atoms with Crippen molar-refractivity contribution in [2.45, 2.75) is 6.42 Å². The monoisotopic (exact) mass is 303 g/mol. The van der Waals surface area contributed by atoms with Crippen LogP contribution in [0.1, 0.15) is 15.9 Å². The summed E-state index contributed by atoms with van der Waals surface area (Å²) < 4.78 is 4.64. The molecule has 4 nitrogen and oxygen atoms in total. The van der Waals surface area contributed by atoms with E-state index in [2.05, 4.69) is 10.1 Å². The standard InChI is InChI=1S/C16H14ClNO3/c1-21-16(20)12-6-4-7-13(9-12)18-15(19)10-11-5-2-3-8-14(11)17/h2-9H,10H2,1H3,(H,18,19). The zero-order valence-electron chi connectivity index (χ0n) is 11.4. The second-order valence-corrected chi connectivity index (χ2v) is 4.80. The molecule has 108 valence electrons. The van der Waals surface area contributed by atoms with Crippen molar-refractivity contribution in [3.63, 3.8) is 0 Å². The normalized spacial score (nSPS) is 10.0. The summed E-state index contributed by atoms with van der Waals surface area (Å²) >= 11 is 6.02. The van der Waals surface area contributed by atoms with Gasteiger partial charge in [0.15, 0.2) is 0 Å². The zero-order chi connectivity index (χ0) is 15.2. The fraction of sp³-hybridized carbons (Fsp3) is 0.125. The molecule has 0 aliphatic heterocycles. The van der Waals surface area contributed by atoms with Crippen LogP contribution in [0.25, 0.3) is 0 Å². The summed E-state index contributed by atoms with van der Waals surface area (Å²) in [6.07, 6.45) is 0.169. The molecule has 0 aliphatic carbocycles. The molecule has 0 spiro atoms. The minimum Gasteiger partial charge on any atom is -0.465 e. The topological polar surface area (TPSA) is 55.4 Å². The van der Waals surface area contributed by atoms with Crippen molar-refractivity contribution >= 4 is 29.2 Å². The summed E-state index contributed by atoms with van der Waals surface area (Å²) in [6, 6.07) is 13.7. The average molecular weight is 304 g/mol. The lowest BCUT2D eigenvalue weighted by molar-refractivity contribution is -0.115. The number of benzene rings is 2. The number of rotatable bonds is 4. The van der Waals surface area contributed by atoms with Crippen molar-refractivity contribution in [1.82, 2.24) is 0 Å². The molecule has 0 saturated heterocycles. The molecule has 0 bridgehead atoms. The zero-order valence-corrected chi connectivity index (χ0v) is 12.2. The largest absolute Gasteiger partial charge is 0.465 e. The smallest absolute Gasteiger partial charge is 0.337 e. The van der Waals surface area contributed by atoms with Crippen molar-refractivity contribution in [1.29, 1.82) is 0 Å². The molecule has 0 aromatic heterocycles. The van der Waals surface area contributed by atoms with Crippen molar-refractivity contribution in [3.8, 4) is 0 Å². The molecule has 0 unspecified atom stereocenters. The van der Waals surface area contributed by atoms with Crippen LogP contribution in [0.15, 0.2) is 48.5 Å². The lowest BCUT2D eigenvalue weighted by Crippen LogP contribution is -2.15. The van der Waals surface area contributed by atoms with E-state index in [1.807, 2.05) is 12.1 Å². The first kappa shape index (κ1) is 15.1. The Morgan fingerprint density at radius 1 is 1.14 bits per heavy atom. The predicted octanol–water partition coefficient (Wildman–Crippen LogP) is 3.31. The minimum atomic E-state index is -0.447. The van der Waals surface area contributed by atoms with E-state index in [1.54, 1.807) is 36.4 Å². The average Bonchev–Trinajstić information content (AvgIpc) is 2.49. The van der Waals surface area contributed by atoms with Gasteiger partial charge in [0.2, 0.25) is 5.91 Å². The van der Waals surface area contributed by atoms with Crippen molar-refractivity contribution in [2.75, 3.05) is 12.4 Å². The van der Waals surface area contributed by atoms with Gasteiger partial charge in [0.05, 0.1) is 19.1 Å². The maximum atomic E-state index is 12.0. The van der Waals surface area contributed by atoms with Crippen LogP contribution in [0, 0.1) is 0 Å². The van der Waals surface area contributed by atoms with Gasteiger partial charge in [0, 0.05) is 10.7 Å². The van der Waals surface area contributed by atoms with E-state index in [0.29, 0.717) is 16.3 Å². The molecule has 0 radical (unpaired) electrons. The van der Waals surface area contributed by atoms with Crippen LogP contribution in [-0.4, -0.2) is 19.0 Å². The number of carbonyl (C=O) groups excluding carboxylic acids is 2. The molecule has 0 fully saturated rings. The fourth-order valence-electron chi connectivity index (χ4n) is 1.86.